The van der Waals surface area contributed by atoms with Crippen LogP contribution in [0.25, 0.3) is 22.4 Å². The van der Waals surface area contributed by atoms with Crippen molar-refractivity contribution >= 4 is 20.7 Å². The molecule has 6 nitrogen and oxygen atoms in total. The van der Waals surface area contributed by atoms with Gasteiger partial charge in [0, 0.05) is 11.1 Å². The maximum absolute atomic E-state index is 12.6. The highest BCUT2D eigenvalue weighted by Crippen LogP contribution is 2.29. The molecule has 0 bridgehead atoms. The number of nitrogens with zero attached hydrogens (tertiary/aromatic N) is 3. The van der Waals surface area contributed by atoms with E-state index in [1.165, 1.54) is 0 Å². The first-order chi connectivity index (χ1) is 12.5. The molecule has 0 spiro atoms. The van der Waals surface area contributed by atoms with Crippen LogP contribution in [0.2, 0.25) is 0 Å². The van der Waals surface area contributed by atoms with Crippen molar-refractivity contribution in [2.24, 2.45) is 0 Å². The maximum Gasteiger partial charge on any atom is 0.336 e. The molecule has 4 rings (SSSR count). The van der Waals surface area contributed by atoms with E-state index in [9.17, 15) is 8.42 Å². The monoisotopic (exact) mass is 365 g/mol. The van der Waals surface area contributed by atoms with E-state index in [1.54, 1.807) is 24.3 Å². The first kappa shape index (κ1) is 16.4. The third kappa shape index (κ3) is 3.09. The van der Waals surface area contributed by atoms with Gasteiger partial charge in [-0.1, -0.05) is 53.6 Å². The highest BCUT2D eigenvalue weighted by atomic mass is 32.2. The molecule has 0 aliphatic carbocycles. The van der Waals surface area contributed by atoms with Gasteiger partial charge in [0.25, 0.3) is 0 Å². The van der Waals surface area contributed by atoms with Gasteiger partial charge in [-0.25, -0.2) is 8.42 Å². The molecule has 0 aliphatic heterocycles. The number of hydrogen-bond acceptors (Lipinski definition) is 6. The summed E-state index contributed by atoms with van der Waals surface area (Å²) in [6.07, 6.45) is 0. The summed E-state index contributed by atoms with van der Waals surface area (Å²) in [6, 6.07) is 18.2. The van der Waals surface area contributed by atoms with Crippen LogP contribution in [0, 0.1) is 6.92 Å². The number of pyridine rings is 1. The van der Waals surface area contributed by atoms with Gasteiger partial charge in [-0.15, -0.1) is 5.10 Å². The second-order valence-corrected chi connectivity index (χ2v) is 7.81. The van der Waals surface area contributed by atoms with Crippen molar-refractivity contribution in [3.8, 4) is 11.5 Å². The molecule has 0 aliphatic rings. The van der Waals surface area contributed by atoms with E-state index >= 15 is 0 Å². The predicted octanol–water partition coefficient (Wildman–Crippen LogP) is 3.57. The molecular formula is C19H15N3O3S. The molecule has 0 fully saturated rings. The molecular weight excluding hydrogens is 350 g/mol. The van der Waals surface area contributed by atoms with Crippen molar-refractivity contribution in [1.82, 2.24) is 15.2 Å². The predicted molar refractivity (Wildman–Crippen MR) is 97.1 cm³/mol. The lowest BCUT2D eigenvalue weighted by Gasteiger charge is -2.04. The van der Waals surface area contributed by atoms with Gasteiger partial charge in [0.15, 0.2) is 0 Å². The van der Waals surface area contributed by atoms with Gasteiger partial charge < -0.3 is 4.42 Å². The lowest BCUT2D eigenvalue weighted by atomic mass is 10.1. The van der Waals surface area contributed by atoms with Gasteiger partial charge in [-0.2, -0.15) is 0 Å². The Labute approximate surface area is 150 Å². The number of fused-ring (bicyclic) bond motifs is 1. The average molecular weight is 365 g/mol. The molecule has 0 amide bonds. The van der Waals surface area contributed by atoms with E-state index < -0.39 is 9.84 Å². The Balaban J connectivity index is 1.75. The van der Waals surface area contributed by atoms with E-state index in [1.807, 2.05) is 43.3 Å². The van der Waals surface area contributed by atoms with Crippen LogP contribution in [0.3, 0.4) is 0 Å². The highest BCUT2D eigenvalue weighted by Gasteiger charge is 2.24. The fraction of sp³-hybridized carbons (Fsp3) is 0.105. The Morgan fingerprint density at radius 3 is 2.50 bits per heavy atom. The van der Waals surface area contributed by atoms with Gasteiger partial charge in [0.05, 0.1) is 16.8 Å². The van der Waals surface area contributed by atoms with Crippen LogP contribution >= 0.6 is 0 Å². The topological polar surface area (TPSA) is 86.0 Å². The fourth-order valence-corrected chi connectivity index (χ4v) is 3.91. The average Bonchev–Trinajstić information content (AvgIpc) is 3.12. The standard InChI is InChI=1S/C19H15N3O3S/c1-13-11-16(15-9-5-6-10-17(15)20-13)18-21-22-19(25-18)26(23,24)12-14-7-3-2-4-8-14/h2-11H,12H2,1H3. The minimum absolute atomic E-state index is 0.165. The SMILES string of the molecule is Cc1cc(-c2nnc(S(=O)(=O)Cc3ccccc3)o2)c2ccccc2n1. The summed E-state index contributed by atoms with van der Waals surface area (Å²) in [6.45, 7) is 1.86. The summed E-state index contributed by atoms with van der Waals surface area (Å²) in [4.78, 5) is 4.47. The molecule has 0 radical (unpaired) electrons. The number of para-hydroxylation sites is 1. The van der Waals surface area contributed by atoms with Crippen LogP contribution in [0.1, 0.15) is 11.3 Å². The fourth-order valence-electron chi connectivity index (χ4n) is 2.78. The molecule has 0 N–H and O–H groups in total. The molecule has 26 heavy (non-hydrogen) atoms. The van der Waals surface area contributed by atoms with Gasteiger partial charge in [-0.05, 0) is 24.6 Å². The molecule has 7 heteroatoms. The van der Waals surface area contributed by atoms with E-state index in [0.717, 1.165) is 16.6 Å². The van der Waals surface area contributed by atoms with Crippen LogP contribution in [-0.4, -0.2) is 23.6 Å². The summed E-state index contributed by atoms with van der Waals surface area (Å²) in [5, 5.41) is 8.18. The van der Waals surface area contributed by atoms with Gasteiger partial charge >= 0.3 is 5.22 Å². The van der Waals surface area contributed by atoms with Crippen molar-refractivity contribution in [3.63, 3.8) is 0 Å². The Hall–Kier alpha value is -3.06. The second kappa shape index (κ2) is 6.34. The van der Waals surface area contributed by atoms with Crippen molar-refractivity contribution < 1.29 is 12.8 Å². The first-order valence-electron chi connectivity index (χ1n) is 8.00. The number of benzene rings is 2. The molecule has 0 atom stereocenters. The number of sulfone groups is 1. The van der Waals surface area contributed by atoms with E-state index in [-0.39, 0.29) is 16.9 Å². The van der Waals surface area contributed by atoms with E-state index in [4.69, 9.17) is 4.42 Å². The molecule has 4 aromatic rings. The van der Waals surface area contributed by atoms with Gasteiger partial charge in [0.2, 0.25) is 15.7 Å². The number of aromatic nitrogens is 3. The number of rotatable bonds is 4. The molecule has 0 saturated heterocycles. The molecule has 2 aromatic heterocycles. The zero-order valence-corrected chi connectivity index (χ0v) is 14.8. The molecule has 130 valence electrons. The number of aryl methyl sites for hydroxylation is 1. The summed E-state index contributed by atoms with van der Waals surface area (Å²) in [7, 11) is -3.72. The minimum Gasteiger partial charge on any atom is -0.408 e. The zero-order valence-electron chi connectivity index (χ0n) is 14.0. The van der Waals surface area contributed by atoms with Crippen molar-refractivity contribution in [1.29, 1.82) is 0 Å². The Morgan fingerprint density at radius 2 is 1.69 bits per heavy atom. The lowest BCUT2D eigenvalue weighted by Crippen LogP contribution is -2.05. The maximum atomic E-state index is 12.6. The summed E-state index contributed by atoms with van der Waals surface area (Å²) < 4.78 is 30.7. The van der Waals surface area contributed by atoms with E-state index in [0.29, 0.717) is 11.1 Å². The van der Waals surface area contributed by atoms with Crippen molar-refractivity contribution in [2.45, 2.75) is 17.9 Å². The quantitative estimate of drug-likeness (QED) is 0.549. The normalized spacial score (nSPS) is 11.7. The highest BCUT2D eigenvalue weighted by molar-refractivity contribution is 7.90. The number of hydrogen-bond donors (Lipinski definition) is 0. The summed E-state index contributed by atoms with van der Waals surface area (Å²) in [5.74, 6) is -0.0238. The van der Waals surface area contributed by atoms with Gasteiger partial charge in [-0.3, -0.25) is 4.98 Å². The molecule has 2 heterocycles. The Kier molecular flexibility index (Phi) is 4.00. The first-order valence-corrected chi connectivity index (χ1v) is 9.65. The second-order valence-electron chi connectivity index (χ2n) is 5.95. The van der Waals surface area contributed by atoms with Crippen LogP contribution in [-0.2, 0) is 15.6 Å². The van der Waals surface area contributed by atoms with Crippen LogP contribution in [0.15, 0.2) is 70.3 Å². The smallest absolute Gasteiger partial charge is 0.336 e. The van der Waals surface area contributed by atoms with Crippen LogP contribution in [0.5, 0.6) is 0 Å². The van der Waals surface area contributed by atoms with Crippen LogP contribution < -0.4 is 0 Å². The molecule has 0 saturated carbocycles. The zero-order chi connectivity index (χ0) is 18.1. The lowest BCUT2D eigenvalue weighted by molar-refractivity contribution is 0.440. The van der Waals surface area contributed by atoms with Gasteiger partial charge in [0.1, 0.15) is 0 Å². The van der Waals surface area contributed by atoms with Crippen molar-refractivity contribution in [3.05, 3.63) is 71.9 Å². The summed E-state index contributed by atoms with van der Waals surface area (Å²) in [5.41, 5.74) is 2.90. The largest absolute Gasteiger partial charge is 0.408 e. The van der Waals surface area contributed by atoms with Crippen LogP contribution in [0.4, 0.5) is 0 Å². The van der Waals surface area contributed by atoms with Crippen molar-refractivity contribution in [2.75, 3.05) is 0 Å². The Morgan fingerprint density at radius 1 is 0.962 bits per heavy atom. The van der Waals surface area contributed by atoms with E-state index in [2.05, 4.69) is 15.2 Å². The minimum atomic E-state index is -3.72. The third-order valence-electron chi connectivity index (χ3n) is 3.95. The summed E-state index contributed by atoms with van der Waals surface area (Å²) >= 11 is 0. The third-order valence-corrected chi connectivity index (χ3v) is 5.36. The molecule has 2 aromatic carbocycles. The Bertz CT molecular complexity index is 1190. The molecule has 0 unspecified atom stereocenters.